The van der Waals surface area contributed by atoms with Crippen LogP contribution in [0.3, 0.4) is 0 Å². The van der Waals surface area contributed by atoms with Crippen LogP contribution in [0.15, 0.2) is 29.8 Å². The van der Waals surface area contributed by atoms with E-state index < -0.39 is 0 Å². The number of H-pyrrole nitrogens is 1. The molecule has 0 spiro atoms. The predicted molar refractivity (Wildman–Crippen MR) is 86.3 cm³/mol. The van der Waals surface area contributed by atoms with Gasteiger partial charge in [0.15, 0.2) is 5.78 Å². The summed E-state index contributed by atoms with van der Waals surface area (Å²) >= 11 is 1.51. The maximum Gasteiger partial charge on any atom is 0.270 e. The summed E-state index contributed by atoms with van der Waals surface area (Å²) in [5.41, 5.74) is 1.83. The number of aromatic amines is 1. The molecule has 2 aromatic heterocycles. The zero-order valence-electron chi connectivity index (χ0n) is 12.5. The minimum atomic E-state index is 0.0686. The normalized spacial score (nSPS) is 16.0. The molecule has 1 aliphatic rings. The van der Waals surface area contributed by atoms with Crippen molar-refractivity contribution in [2.24, 2.45) is 0 Å². The van der Waals surface area contributed by atoms with Gasteiger partial charge in [-0.1, -0.05) is 0 Å². The van der Waals surface area contributed by atoms with E-state index in [4.69, 9.17) is 0 Å². The molecule has 1 amide bonds. The predicted octanol–water partition coefficient (Wildman–Crippen LogP) is 2.24. The Kier molecular flexibility index (Phi) is 4.40. The Labute approximate surface area is 133 Å². The van der Waals surface area contributed by atoms with Crippen molar-refractivity contribution in [3.63, 3.8) is 0 Å². The van der Waals surface area contributed by atoms with E-state index in [1.807, 2.05) is 28.5 Å². The monoisotopic (exact) mass is 317 g/mol. The van der Waals surface area contributed by atoms with Crippen molar-refractivity contribution in [1.82, 2.24) is 14.8 Å². The standard InChI is InChI=1S/C16H19N3O2S/c1-12(20)15-9-13(11-22-15)10-18-5-7-19(8-6-18)16(21)14-3-2-4-17-14/h2-4,9,11,17H,5-8,10H2,1H3. The fourth-order valence-corrected chi connectivity index (χ4v) is 3.45. The first-order valence-corrected chi connectivity index (χ1v) is 8.25. The number of carbonyl (C=O) groups excluding carboxylic acids is 2. The lowest BCUT2D eigenvalue weighted by Crippen LogP contribution is -2.48. The maximum absolute atomic E-state index is 12.2. The molecule has 22 heavy (non-hydrogen) atoms. The average Bonchev–Trinajstić information content (AvgIpc) is 3.19. The number of ketones is 1. The van der Waals surface area contributed by atoms with E-state index in [1.54, 1.807) is 13.1 Å². The first-order valence-electron chi connectivity index (χ1n) is 7.37. The Morgan fingerprint density at radius 3 is 2.64 bits per heavy atom. The Hall–Kier alpha value is -1.92. The summed E-state index contributed by atoms with van der Waals surface area (Å²) in [4.78, 5) is 31.6. The molecule has 2 aromatic rings. The number of aromatic nitrogens is 1. The van der Waals surface area contributed by atoms with E-state index in [0.29, 0.717) is 5.69 Å². The second-order valence-electron chi connectivity index (χ2n) is 5.53. The van der Waals surface area contributed by atoms with Crippen LogP contribution in [0.1, 0.15) is 32.6 Å². The van der Waals surface area contributed by atoms with Crippen molar-refractivity contribution < 1.29 is 9.59 Å². The van der Waals surface area contributed by atoms with Crippen LogP contribution in [0.5, 0.6) is 0 Å². The van der Waals surface area contributed by atoms with E-state index >= 15 is 0 Å². The molecule has 5 nitrogen and oxygen atoms in total. The molecule has 3 rings (SSSR count). The van der Waals surface area contributed by atoms with Crippen LogP contribution < -0.4 is 0 Å². The van der Waals surface area contributed by atoms with Crippen molar-refractivity contribution in [2.75, 3.05) is 26.2 Å². The van der Waals surface area contributed by atoms with Gasteiger partial charge in [0.05, 0.1) is 4.88 Å². The molecular formula is C16H19N3O2S. The SMILES string of the molecule is CC(=O)c1cc(CN2CCN(C(=O)c3ccc[nH]3)CC2)cs1. The molecule has 1 fully saturated rings. The van der Waals surface area contributed by atoms with Crippen molar-refractivity contribution in [3.05, 3.63) is 45.9 Å². The smallest absolute Gasteiger partial charge is 0.270 e. The van der Waals surface area contributed by atoms with Gasteiger partial charge in [-0.2, -0.15) is 0 Å². The molecular weight excluding hydrogens is 298 g/mol. The van der Waals surface area contributed by atoms with Crippen molar-refractivity contribution in [3.8, 4) is 0 Å². The summed E-state index contributed by atoms with van der Waals surface area (Å²) in [5.74, 6) is 0.191. The molecule has 0 bridgehead atoms. The van der Waals surface area contributed by atoms with Gasteiger partial charge >= 0.3 is 0 Å². The van der Waals surface area contributed by atoms with Crippen LogP contribution in [-0.2, 0) is 6.54 Å². The van der Waals surface area contributed by atoms with Gasteiger partial charge in [-0.15, -0.1) is 11.3 Å². The minimum Gasteiger partial charge on any atom is -0.357 e. The Balaban J connectivity index is 1.53. The van der Waals surface area contributed by atoms with Crippen LogP contribution >= 0.6 is 11.3 Å². The van der Waals surface area contributed by atoms with Gasteiger partial charge in [-0.3, -0.25) is 14.5 Å². The van der Waals surface area contributed by atoms with Gasteiger partial charge in [0, 0.05) is 38.9 Å². The molecule has 0 atom stereocenters. The molecule has 0 saturated carbocycles. The third-order valence-corrected chi connectivity index (χ3v) is 4.97. The molecule has 6 heteroatoms. The maximum atomic E-state index is 12.2. The van der Waals surface area contributed by atoms with Gasteiger partial charge in [0.2, 0.25) is 0 Å². The van der Waals surface area contributed by atoms with Gasteiger partial charge < -0.3 is 9.88 Å². The van der Waals surface area contributed by atoms with Crippen LogP contribution in [0.4, 0.5) is 0 Å². The van der Waals surface area contributed by atoms with Crippen LogP contribution in [0, 0.1) is 0 Å². The van der Waals surface area contributed by atoms with E-state index in [0.717, 1.165) is 37.6 Å². The first-order chi connectivity index (χ1) is 10.6. The van der Waals surface area contributed by atoms with Crippen LogP contribution in [0.25, 0.3) is 0 Å². The number of carbonyl (C=O) groups is 2. The van der Waals surface area contributed by atoms with Gasteiger partial charge in [-0.05, 0) is 36.1 Å². The third-order valence-electron chi connectivity index (χ3n) is 3.89. The molecule has 3 heterocycles. The Morgan fingerprint density at radius 1 is 1.27 bits per heavy atom. The number of Topliss-reactive ketones (excluding diaryl/α,β-unsaturated/α-hetero) is 1. The largest absolute Gasteiger partial charge is 0.357 e. The molecule has 1 saturated heterocycles. The van der Waals surface area contributed by atoms with E-state index in [2.05, 4.69) is 9.88 Å². The summed E-state index contributed by atoms with van der Waals surface area (Å²) in [6, 6.07) is 5.62. The molecule has 116 valence electrons. The Bertz CT molecular complexity index is 655. The lowest BCUT2D eigenvalue weighted by atomic mass is 10.2. The topological polar surface area (TPSA) is 56.4 Å². The lowest BCUT2D eigenvalue weighted by molar-refractivity contribution is 0.0623. The zero-order valence-corrected chi connectivity index (χ0v) is 13.4. The number of rotatable bonds is 4. The fraction of sp³-hybridized carbons (Fsp3) is 0.375. The summed E-state index contributed by atoms with van der Waals surface area (Å²) < 4.78 is 0. The molecule has 0 aliphatic carbocycles. The number of nitrogens with one attached hydrogen (secondary N) is 1. The Morgan fingerprint density at radius 2 is 2.05 bits per heavy atom. The summed E-state index contributed by atoms with van der Waals surface area (Å²) in [6.07, 6.45) is 1.77. The van der Waals surface area contributed by atoms with Crippen molar-refractivity contribution in [1.29, 1.82) is 0 Å². The highest BCUT2D eigenvalue weighted by molar-refractivity contribution is 7.12. The second-order valence-corrected chi connectivity index (χ2v) is 6.44. The van der Waals surface area contributed by atoms with E-state index in [-0.39, 0.29) is 11.7 Å². The highest BCUT2D eigenvalue weighted by Gasteiger charge is 2.22. The fourth-order valence-electron chi connectivity index (χ4n) is 2.64. The van der Waals surface area contributed by atoms with Crippen molar-refractivity contribution >= 4 is 23.0 Å². The van der Waals surface area contributed by atoms with Gasteiger partial charge in [-0.25, -0.2) is 0 Å². The summed E-state index contributed by atoms with van der Waals surface area (Å²) in [6.45, 7) is 5.63. The number of thiophene rings is 1. The highest BCUT2D eigenvalue weighted by Crippen LogP contribution is 2.18. The lowest BCUT2D eigenvalue weighted by Gasteiger charge is -2.34. The molecule has 0 aromatic carbocycles. The quantitative estimate of drug-likeness (QED) is 0.880. The van der Waals surface area contributed by atoms with Crippen LogP contribution in [0.2, 0.25) is 0 Å². The molecule has 1 N–H and O–H groups in total. The summed E-state index contributed by atoms with van der Waals surface area (Å²) in [5, 5.41) is 2.05. The van der Waals surface area contributed by atoms with Crippen LogP contribution in [-0.4, -0.2) is 52.7 Å². The van der Waals surface area contributed by atoms with Gasteiger partial charge in [0.1, 0.15) is 5.69 Å². The number of piperazine rings is 1. The number of hydrogen-bond donors (Lipinski definition) is 1. The van der Waals surface area contributed by atoms with Crippen molar-refractivity contribution in [2.45, 2.75) is 13.5 Å². The molecule has 0 radical (unpaired) electrons. The minimum absolute atomic E-state index is 0.0686. The second kappa shape index (κ2) is 6.46. The zero-order chi connectivity index (χ0) is 15.5. The first kappa shape index (κ1) is 15.0. The van der Waals surface area contributed by atoms with E-state index in [1.165, 1.54) is 16.9 Å². The van der Waals surface area contributed by atoms with E-state index in [9.17, 15) is 9.59 Å². The van der Waals surface area contributed by atoms with Gasteiger partial charge in [0.25, 0.3) is 5.91 Å². The average molecular weight is 317 g/mol. The summed E-state index contributed by atoms with van der Waals surface area (Å²) in [7, 11) is 0. The number of amides is 1. The number of hydrogen-bond acceptors (Lipinski definition) is 4. The number of nitrogens with zero attached hydrogens (tertiary/aromatic N) is 2. The molecule has 0 unspecified atom stereocenters. The highest BCUT2D eigenvalue weighted by atomic mass is 32.1. The molecule has 1 aliphatic heterocycles. The third kappa shape index (κ3) is 3.28.